The maximum atomic E-state index is 4.37. The van der Waals surface area contributed by atoms with Crippen LogP contribution in [0.1, 0.15) is 108 Å². The van der Waals surface area contributed by atoms with Crippen LogP contribution in [0.2, 0.25) is 0 Å². The van der Waals surface area contributed by atoms with Gasteiger partial charge in [-0.1, -0.05) is 89.3 Å². The summed E-state index contributed by atoms with van der Waals surface area (Å²) in [5, 5.41) is 7.32. The van der Waals surface area contributed by atoms with E-state index >= 15 is 0 Å². The summed E-state index contributed by atoms with van der Waals surface area (Å²) in [4.78, 5) is 0. The molecule has 0 aromatic heterocycles. The van der Waals surface area contributed by atoms with Crippen LogP contribution >= 0.6 is 0 Å². The Labute approximate surface area is 178 Å². The van der Waals surface area contributed by atoms with Crippen LogP contribution in [-0.2, 0) is 0 Å². The largest absolute Gasteiger partial charge is 0.388 e. The van der Waals surface area contributed by atoms with E-state index in [4.69, 9.17) is 0 Å². The molecule has 0 spiro atoms. The fourth-order valence-electron chi connectivity index (χ4n) is 3.68. The highest BCUT2D eigenvalue weighted by atomic mass is 14.9. The van der Waals surface area contributed by atoms with Gasteiger partial charge in [-0.3, -0.25) is 0 Å². The van der Waals surface area contributed by atoms with Gasteiger partial charge in [-0.05, 0) is 42.9 Å². The molecular formula is C26H52N2. The zero-order chi connectivity index (χ0) is 22.4. The molecular weight excluding hydrogens is 340 g/mol. The highest BCUT2D eigenvalue weighted by molar-refractivity contribution is 5.10. The zero-order valence-electron chi connectivity index (χ0n) is 21.2. The quantitative estimate of drug-likeness (QED) is 0.333. The van der Waals surface area contributed by atoms with Gasteiger partial charge in [-0.15, -0.1) is 0 Å². The van der Waals surface area contributed by atoms with Crippen LogP contribution in [0.25, 0.3) is 0 Å². The van der Waals surface area contributed by atoms with Gasteiger partial charge in [0.25, 0.3) is 0 Å². The van der Waals surface area contributed by atoms with E-state index in [0.29, 0.717) is 11.5 Å². The summed E-state index contributed by atoms with van der Waals surface area (Å²) in [6, 6.07) is 0.509. The van der Waals surface area contributed by atoms with Crippen LogP contribution in [-0.4, -0.2) is 12.6 Å². The van der Waals surface area contributed by atoms with Crippen molar-refractivity contribution in [2.45, 2.75) is 114 Å². The van der Waals surface area contributed by atoms with Gasteiger partial charge < -0.3 is 10.6 Å². The molecule has 28 heavy (non-hydrogen) atoms. The van der Waals surface area contributed by atoms with Crippen molar-refractivity contribution in [3.63, 3.8) is 0 Å². The summed E-state index contributed by atoms with van der Waals surface area (Å²) in [6.45, 7) is 34.9. The van der Waals surface area contributed by atoms with Crippen LogP contribution in [0.5, 0.6) is 0 Å². The fourth-order valence-corrected chi connectivity index (χ4v) is 3.68. The molecule has 0 heterocycles. The maximum absolute atomic E-state index is 4.37. The predicted molar refractivity (Wildman–Crippen MR) is 128 cm³/mol. The zero-order valence-corrected chi connectivity index (χ0v) is 21.2. The Morgan fingerprint density at radius 3 is 1.79 bits per heavy atom. The molecule has 0 rings (SSSR count). The Morgan fingerprint density at radius 1 is 0.821 bits per heavy atom. The number of unbranched alkanes of at least 4 members (excludes halogenated alkanes) is 1. The van der Waals surface area contributed by atoms with Crippen molar-refractivity contribution in [1.29, 1.82) is 0 Å². The van der Waals surface area contributed by atoms with Gasteiger partial charge in [0.05, 0.1) is 0 Å². The van der Waals surface area contributed by atoms with E-state index in [9.17, 15) is 0 Å². The minimum absolute atomic E-state index is 0.0678. The minimum Gasteiger partial charge on any atom is -0.388 e. The summed E-state index contributed by atoms with van der Waals surface area (Å²) in [7, 11) is 0. The van der Waals surface area contributed by atoms with Gasteiger partial charge in [0, 0.05) is 34.8 Å². The lowest BCUT2D eigenvalue weighted by Crippen LogP contribution is -2.40. The van der Waals surface area contributed by atoms with Gasteiger partial charge in [0.2, 0.25) is 0 Å². The molecule has 0 saturated carbocycles. The van der Waals surface area contributed by atoms with Crippen LogP contribution in [0.15, 0.2) is 24.6 Å². The first-order chi connectivity index (χ1) is 12.4. The first-order valence-electron chi connectivity index (χ1n) is 11.3. The first kappa shape index (κ1) is 27.1. The number of hydrogen-bond donors (Lipinski definition) is 2. The van der Waals surface area contributed by atoms with E-state index in [2.05, 4.69) is 100.0 Å². The molecule has 0 saturated heterocycles. The Balaban J connectivity index is 4.38. The molecule has 0 aromatic carbocycles. The number of allylic oxidation sites excluding steroid dienone is 2. The average molecular weight is 393 g/mol. The monoisotopic (exact) mass is 392 g/mol. The Hall–Kier alpha value is -0.920. The molecule has 2 N–H and O–H groups in total. The van der Waals surface area contributed by atoms with Crippen molar-refractivity contribution < 1.29 is 0 Å². The molecule has 0 amide bonds. The lowest BCUT2D eigenvalue weighted by atomic mass is 9.67. The number of nitrogens with one attached hydrogen (secondary N) is 2. The van der Waals surface area contributed by atoms with Crippen molar-refractivity contribution in [1.82, 2.24) is 10.6 Å². The minimum atomic E-state index is 0.0678. The molecule has 0 fully saturated rings. The molecule has 1 atom stereocenters. The molecule has 0 bridgehead atoms. The second-order valence-electron chi connectivity index (χ2n) is 12.1. The third kappa shape index (κ3) is 9.05. The highest BCUT2D eigenvalue weighted by Gasteiger charge is 2.36. The normalized spacial score (nSPS) is 14.5. The van der Waals surface area contributed by atoms with Gasteiger partial charge in [-0.25, -0.2) is 0 Å². The molecule has 2 nitrogen and oxygen atoms in total. The molecule has 166 valence electrons. The third-order valence-corrected chi connectivity index (χ3v) is 6.61. The second kappa shape index (κ2) is 10.2. The summed E-state index contributed by atoms with van der Waals surface area (Å²) in [5.74, 6) is 0. The summed E-state index contributed by atoms with van der Waals surface area (Å²) < 4.78 is 0. The molecule has 0 aromatic rings. The summed E-state index contributed by atoms with van der Waals surface area (Å²) in [5.41, 5.74) is 3.05. The van der Waals surface area contributed by atoms with Crippen LogP contribution < -0.4 is 10.6 Å². The fraction of sp³-hybridized carbons (Fsp3) is 0.846. The first-order valence-corrected chi connectivity index (χ1v) is 11.3. The smallest absolute Gasteiger partial charge is 0.0255 e. The number of rotatable bonds is 12. The summed E-state index contributed by atoms with van der Waals surface area (Å²) >= 11 is 0. The molecule has 0 aliphatic rings. The van der Waals surface area contributed by atoms with Gasteiger partial charge in [0.15, 0.2) is 0 Å². The van der Waals surface area contributed by atoms with E-state index < -0.39 is 0 Å². The SMILES string of the molecule is C=C(NCCCCC(CC)NC(=C)C(C)(C)C(C)(C)C)C(C)(C)CC(C)(C)C. The maximum Gasteiger partial charge on any atom is 0.0255 e. The lowest BCUT2D eigenvalue weighted by molar-refractivity contribution is 0.163. The Morgan fingerprint density at radius 2 is 1.36 bits per heavy atom. The van der Waals surface area contributed by atoms with Crippen LogP contribution in [0.4, 0.5) is 0 Å². The van der Waals surface area contributed by atoms with Gasteiger partial charge in [-0.2, -0.15) is 0 Å². The van der Waals surface area contributed by atoms with Gasteiger partial charge in [0.1, 0.15) is 0 Å². The third-order valence-electron chi connectivity index (χ3n) is 6.61. The summed E-state index contributed by atoms with van der Waals surface area (Å²) in [6.07, 6.45) is 5.86. The topological polar surface area (TPSA) is 24.1 Å². The Kier molecular flexibility index (Phi) is 9.88. The molecule has 0 aliphatic heterocycles. The lowest BCUT2D eigenvalue weighted by Gasteiger charge is -2.42. The second-order valence-corrected chi connectivity index (χ2v) is 12.1. The predicted octanol–water partition coefficient (Wildman–Crippen LogP) is 7.68. The molecule has 2 heteroatoms. The van der Waals surface area contributed by atoms with Crippen LogP contribution in [0, 0.1) is 21.7 Å². The van der Waals surface area contributed by atoms with Crippen LogP contribution in [0.3, 0.4) is 0 Å². The van der Waals surface area contributed by atoms with E-state index in [1.165, 1.54) is 30.7 Å². The van der Waals surface area contributed by atoms with Crippen molar-refractivity contribution in [2.75, 3.05) is 6.54 Å². The standard InChI is InChI=1S/C26H52N2/c1-14-22(28-21(3)26(12,13)24(7,8)9)17-15-16-18-27-20(2)25(10,11)19-23(4,5)6/h22,27-28H,2-3,14-19H2,1,4-13H3. The van der Waals surface area contributed by atoms with Gasteiger partial charge >= 0.3 is 0 Å². The highest BCUT2D eigenvalue weighted by Crippen LogP contribution is 2.42. The van der Waals surface area contributed by atoms with E-state index in [1.807, 2.05) is 0 Å². The van der Waals surface area contributed by atoms with Crippen molar-refractivity contribution >= 4 is 0 Å². The van der Waals surface area contributed by atoms with E-state index in [-0.39, 0.29) is 16.2 Å². The molecule has 1 unspecified atom stereocenters. The van der Waals surface area contributed by atoms with Crippen molar-refractivity contribution in [3.05, 3.63) is 24.6 Å². The van der Waals surface area contributed by atoms with E-state index in [0.717, 1.165) is 19.4 Å². The van der Waals surface area contributed by atoms with E-state index in [1.54, 1.807) is 0 Å². The Bertz CT molecular complexity index is 498. The van der Waals surface area contributed by atoms with Crippen molar-refractivity contribution in [3.8, 4) is 0 Å². The molecule has 0 radical (unpaired) electrons. The average Bonchev–Trinajstić information content (AvgIpc) is 2.49. The molecule has 0 aliphatic carbocycles. The van der Waals surface area contributed by atoms with Crippen molar-refractivity contribution in [2.24, 2.45) is 21.7 Å². The number of hydrogen-bond acceptors (Lipinski definition) is 2.